The summed E-state index contributed by atoms with van der Waals surface area (Å²) < 4.78 is 7.81. The predicted octanol–water partition coefficient (Wildman–Crippen LogP) is 3.01. The molecule has 6 heteroatoms. The molecule has 26 heavy (non-hydrogen) atoms. The van der Waals surface area contributed by atoms with Crippen LogP contribution in [0.4, 0.5) is 11.8 Å². The van der Waals surface area contributed by atoms with Crippen LogP contribution in [0.1, 0.15) is 17.3 Å². The van der Waals surface area contributed by atoms with E-state index in [1.807, 2.05) is 37.6 Å². The lowest BCUT2D eigenvalue weighted by Crippen LogP contribution is -2.40. The van der Waals surface area contributed by atoms with E-state index < -0.39 is 0 Å². The molecule has 1 aromatic carbocycles. The fourth-order valence-corrected chi connectivity index (χ4v) is 3.27. The summed E-state index contributed by atoms with van der Waals surface area (Å²) in [4.78, 5) is 11.4. The molecular weight excluding hydrogens is 326 g/mol. The zero-order valence-electron chi connectivity index (χ0n) is 14.9. The molecule has 134 valence electrons. The maximum absolute atomic E-state index is 5.72. The number of aryl methyl sites for hydroxylation is 1. The van der Waals surface area contributed by atoms with Crippen LogP contribution in [0.5, 0.6) is 0 Å². The van der Waals surface area contributed by atoms with Crippen LogP contribution in [0, 0.1) is 0 Å². The second kappa shape index (κ2) is 7.58. The minimum atomic E-state index is 0.167. The minimum absolute atomic E-state index is 0.167. The Bertz CT molecular complexity index is 848. The Balaban J connectivity index is 1.53. The third kappa shape index (κ3) is 3.55. The highest BCUT2D eigenvalue weighted by Crippen LogP contribution is 2.28. The molecule has 1 atom stereocenters. The lowest BCUT2D eigenvalue weighted by atomic mass is 10.1. The van der Waals surface area contributed by atoms with Gasteiger partial charge in [-0.05, 0) is 23.8 Å². The summed E-state index contributed by atoms with van der Waals surface area (Å²) in [6.07, 6.45) is 3.85. The Morgan fingerprint density at radius 3 is 2.85 bits per heavy atom. The molecule has 0 radical (unpaired) electrons. The third-order valence-electron chi connectivity index (χ3n) is 4.73. The van der Waals surface area contributed by atoms with Gasteiger partial charge in [-0.25, -0.2) is 4.98 Å². The number of anilines is 2. The van der Waals surface area contributed by atoms with Crippen LogP contribution >= 0.6 is 0 Å². The molecule has 3 heterocycles. The molecule has 0 spiro atoms. The van der Waals surface area contributed by atoms with E-state index in [1.165, 1.54) is 11.3 Å². The highest BCUT2D eigenvalue weighted by atomic mass is 16.5. The van der Waals surface area contributed by atoms with Crippen LogP contribution in [0.15, 0.2) is 60.9 Å². The average molecular weight is 349 g/mol. The SMILES string of the molecule is Cn1cccc1CNc1nccc(N2CCOC[C@@H]2c2ccccc2)n1. The first-order valence-electron chi connectivity index (χ1n) is 8.88. The van der Waals surface area contributed by atoms with Crippen LogP contribution in [0.3, 0.4) is 0 Å². The van der Waals surface area contributed by atoms with Gasteiger partial charge in [0, 0.05) is 31.7 Å². The molecule has 6 nitrogen and oxygen atoms in total. The fraction of sp³-hybridized carbons (Fsp3) is 0.300. The number of morpholine rings is 1. The molecule has 0 saturated carbocycles. The number of nitrogens with one attached hydrogen (secondary N) is 1. The molecule has 0 amide bonds. The molecule has 4 rings (SSSR count). The third-order valence-corrected chi connectivity index (χ3v) is 4.73. The maximum Gasteiger partial charge on any atom is 0.224 e. The molecule has 2 aromatic heterocycles. The number of benzene rings is 1. The first-order valence-corrected chi connectivity index (χ1v) is 8.88. The maximum atomic E-state index is 5.72. The van der Waals surface area contributed by atoms with Crippen molar-refractivity contribution < 1.29 is 4.74 Å². The van der Waals surface area contributed by atoms with Crippen LogP contribution in [0.2, 0.25) is 0 Å². The number of rotatable bonds is 5. The van der Waals surface area contributed by atoms with Gasteiger partial charge in [-0.2, -0.15) is 4.98 Å². The highest BCUT2D eigenvalue weighted by molar-refractivity contribution is 5.46. The van der Waals surface area contributed by atoms with Crippen molar-refractivity contribution >= 4 is 11.8 Å². The van der Waals surface area contributed by atoms with E-state index in [0.717, 1.165) is 12.4 Å². The quantitative estimate of drug-likeness (QED) is 0.767. The molecule has 1 aliphatic heterocycles. The molecule has 1 aliphatic rings. The van der Waals surface area contributed by atoms with Gasteiger partial charge in [-0.15, -0.1) is 0 Å². The van der Waals surface area contributed by atoms with Crippen molar-refractivity contribution in [2.45, 2.75) is 12.6 Å². The van der Waals surface area contributed by atoms with E-state index in [-0.39, 0.29) is 6.04 Å². The summed E-state index contributed by atoms with van der Waals surface area (Å²) in [5.41, 5.74) is 2.43. The van der Waals surface area contributed by atoms with E-state index in [4.69, 9.17) is 9.72 Å². The molecule has 0 bridgehead atoms. The topological polar surface area (TPSA) is 55.2 Å². The van der Waals surface area contributed by atoms with Gasteiger partial charge < -0.3 is 19.5 Å². The Kier molecular flexibility index (Phi) is 4.84. The van der Waals surface area contributed by atoms with Gasteiger partial charge in [0.1, 0.15) is 5.82 Å². The second-order valence-corrected chi connectivity index (χ2v) is 6.40. The van der Waals surface area contributed by atoms with E-state index in [1.54, 1.807) is 0 Å². The Morgan fingerprint density at radius 1 is 1.15 bits per heavy atom. The first kappa shape index (κ1) is 16.6. The van der Waals surface area contributed by atoms with Crippen molar-refractivity contribution in [3.63, 3.8) is 0 Å². The molecule has 1 saturated heterocycles. The van der Waals surface area contributed by atoms with E-state index in [9.17, 15) is 0 Å². The van der Waals surface area contributed by atoms with E-state index in [2.05, 4.69) is 50.1 Å². The largest absolute Gasteiger partial charge is 0.377 e. The molecular formula is C20H23N5O. The molecule has 1 fully saturated rings. The van der Waals surface area contributed by atoms with Crippen molar-refractivity contribution in [1.29, 1.82) is 0 Å². The standard InChI is InChI=1S/C20H23N5O/c1-24-11-5-8-17(24)14-22-20-21-10-9-19(23-20)25-12-13-26-15-18(25)16-6-3-2-4-7-16/h2-11,18H,12-15H2,1H3,(H,21,22,23)/t18-/m1/s1. The van der Waals surface area contributed by atoms with Crippen LogP contribution in [0.25, 0.3) is 0 Å². The number of nitrogens with zero attached hydrogens (tertiary/aromatic N) is 4. The Morgan fingerprint density at radius 2 is 2.04 bits per heavy atom. The number of aromatic nitrogens is 3. The van der Waals surface area contributed by atoms with Crippen molar-refractivity contribution in [1.82, 2.24) is 14.5 Å². The molecule has 0 aliphatic carbocycles. The van der Waals surface area contributed by atoms with Crippen molar-refractivity contribution in [2.24, 2.45) is 7.05 Å². The second-order valence-electron chi connectivity index (χ2n) is 6.40. The Hall–Kier alpha value is -2.86. The van der Waals surface area contributed by atoms with Crippen LogP contribution in [-0.2, 0) is 18.3 Å². The average Bonchev–Trinajstić information content (AvgIpc) is 3.12. The summed E-state index contributed by atoms with van der Waals surface area (Å²) >= 11 is 0. The zero-order chi connectivity index (χ0) is 17.8. The normalized spacial score (nSPS) is 17.3. The lowest BCUT2D eigenvalue weighted by molar-refractivity contribution is 0.0937. The van der Waals surface area contributed by atoms with E-state index >= 15 is 0 Å². The zero-order valence-corrected chi connectivity index (χ0v) is 14.9. The summed E-state index contributed by atoms with van der Waals surface area (Å²) in [5.74, 6) is 1.56. The number of hydrogen-bond donors (Lipinski definition) is 1. The first-order chi connectivity index (χ1) is 12.8. The summed E-state index contributed by atoms with van der Waals surface area (Å²) in [7, 11) is 2.03. The van der Waals surface area contributed by atoms with Gasteiger partial charge in [-0.1, -0.05) is 30.3 Å². The molecule has 3 aromatic rings. The van der Waals surface area contributed by atoms with Gasteiger partial charge in [0.15, 0.2) is 0 Å². The minimum Gasteiger partial charge on any atom is -0.377 e. The highest BCUT2D eigenvalue weighted by Gasteiger charge is 2.25. The summed E-state index contributed by atoms with van der Waals surface area (Å²) in [5, 5.41) is 3.32. The van der Waals surface area contributed by atoms with Crippen LogP contribution < -0.4 is 10.2 Å². The number of ether oxygens (including phenoxy) is 1. The van der Waals surface area contributed by atoms with Gasteiger partial charge >= 0.3 is 0 Å². The molecule has 1 N–H and O–H groups in total. The van der Waals surface area contributed by atoms with Crippen molar-refractivity contribution in [2.75, 3.05) is 30.0 Å². The smallest absolute Gasteiger partial charge is 0.224 e. The monoisotopic (exact) mass is 349 g/mol. The number of hydrogen-bond acceptors (Lipinski definition) is 5. The van der Waals surface area contributed by atoms with E-state index in [0.29, 0.717) is 25.7 Å². The van der Waals surface area contributed by atoms with Crippen molar-refractivity contribution in [3.8, 4) is 0 Å². The van der Waals surface area contributed by atoms with Gasteiger partial charge in [-0.3, -0.25) is 0 Å². The van der Waals surface area contributed by atoms with Crippen molar-refractivity contribution in [3.05, 3.63) is 72.2 Å². The summed E-state index contributed by atoms with van der Waals surface area (Å²) in [6, 6.07) is 16.7. The van der Waals surface area contributed by atoms with Gasteiger partial charge in [0.05, 0.1) is 25.8 Å². The fourth-order valence-electron chi connectivity index (χ4n) is 3.27. The molecule has 0 unspecified atom stereocenters. The van der Waals surface area contributed by atoms with Crippen LogP contribution in [-0.4, -0.2) is 34.3 Å². The lowest BCUT2D eigenvalue weighted by Gasteiger charge is -2.36. The summed E-state index contributed by atoms with van der Waals surface area (Å²) in [6.45, 7) is 2.88. The van der Waals surface area contributed by atoms with Gasteiger partial charge in [0.2, 0.25) is 5.95 Å². The Labute approximate surface area is 153 Å². The predicted molar refractivity (Wildman–Crippen MR) is 102 cm³/mol. The van der Waals surface area contributed by atoms with Gasteiger partial charge in [0.25, 0.3) is 0 Å².